The van der Waals surface area contributed by atoms with Crippen LogP contribution in [0.1, 0.15) is 19.3 Å². The molecule has 2 atom stereocenters. The van der Waals surface area contributed by atoms with Gasteiger partial charge in [0.15, 0.2) is 9.84 Å². The van der Waals surface area contributed by atoms with Crippen LogP contribution in [-0.4, -0.2) is 14.7 Å². The lowest BCUT2D eigenvalue weighted by atomic mass is 10.1. The Morgan fingerprint density at radius 2 is 2.18 bits per heavy atom. The summed E-state index contributed by atoms with van der Waals surface area (Å²) >= 11 is 0. The van der Waals surface area contributed by atoms with Crippen LogP contribution in [0.5, 0.6) is 0 Å². The molecule has 0 spiro atoms. The fourth-order valence-corrected chi connectivity index (χ4v) is 3.48. The van der Waals surface area contributed by atoms with Crippen LogP contribution in [0.2, 0.25) is 0 Å². The zero-order valence-electron chi connectivity index (χ0n) is 6.58. The first-order valence-electron chi connectivity index (χ1n) is 3.99. The van der Waals surface area contributed by atoms with Crippen molar-refractivity contribution >= 4 is 9.84 Å². The maximum Gasteiger partial charge on any atom is 0.171 e. The monoisotopic (exact) mass is 172 g/mol. The third kappa shape index (κ3) is 1.11. The largest absolute Gasteiger partial charge is 0.224 e. The SMILES string of the molecule is CS(=O)(=O)C1=C[C@@H]2CC[C@H]1C2. The summed E-state index contributed by atoms with van der Waals surface area (Å²) in [6.07, 6.45) is 6.65. The molecule has 0 radical (unpaired) electrons. The van der Waals surface area contributed by atoms with E-state index in [-0.39, 0.29) is 0 Å². The molecule has 2 rings (SSSR count). The fraction of sp³-hybridized carbons (Fsp3) is 0.750. The second-order valence-corrected chi connectivity index (χ2v) is 5.63. The molecule has 3 heteroatoms. The lowest BCUT2D eigenvalue weighted by Gasteiger charge is -2.09. The smallest absolute Gasteiger partial charge is 0.171 e. The lowest BCUT2D eigenvalue weighted by molar-refractivity contribution is 0.593. The van der Waals surface area contributed by atoms with Gasteiger partial charge in [-0.05, 0) is 31.1 Å². The molecule has 0 unspecified atom stereocenters. The van der Waals surface area contributed by atoms with Crippen LogP contribution in [-0.2, 0) is 9.84 Å². The van der Waals surface area contributed by atoms with Crippen LogP contribution in [0.4, 0.5) is 0 Å². The van der Waals surface area contributed by atoms with Crippen molar-refractivity contribution in [2.75, 3.05) is 6.26 Å². The zero-order chi connectivity index (χ0) is 8.06. The molecule has 2 bridgehead atoms. The molecule has 2 nitrogen and oxygen atoms in total. The molecule has 1 saturated carbocycles. The maximum absolute atomic E-state index is 11.2. The highest BCUT2D eigenvalue weighted by Gasteiger charge is 2.36. The van der Waals surface area contributed by atoms with Gasteiger partial charge in [0.1, 0.15) is 0 Å². The number of rotatable bonds is 1. The highest BCUT2D eigenvalue weighted by Crippen LogP contribution is 2.45. The fourth-order valence-electron chi connectivity index (χ4n) is 2.22. The van der Waals surface area contributed by atoms with Crippen LogP contribution < -0.4 is 0 Å². The van der Waals surface area contributed by atoms with Crippen LogP contribution in [0, 0.1) is 11.8 Å². The summed E-state index contributed by atoms with van der Waals surface area (Å²) in [5.41, 5.74) is 0. The molecule has 1 fully saturated rings. The highest BCUT2D eigenvalue weighted by atomic mass is 32.2. The van der Waals surface area contributed by atoms with Gasteiger partial charge < -0.3 is 0 Å². The summed E-state index contributed by atoms with van der Waals surface area (Å²) < 4.78 is 22.3. The van der Waals surface area contributed by atoms with Crippen molar-refractivity contribution in [2.24, 2.45) is 11.8 Å². The van der Waals surface area contributed by atoms with Gasteiger partial charge in [-0.25, -0.2) is 8.42 Å². The Bertz CT molecular complexity index is 300. The van der Waals surface area contributed by atoms with Crippen molar-refractivity contribution in [1.29, 1.82) is 0 Å². The Morgan fingerprint density at radius 3 is 2.45 bits per heavy atom. The summed E-state index contributed by atoms with van der Waals surface area (Å²) in [4.78, 5) is 0.716. The van der Waals surface area contributed by atoms with E-state index in [1.165, 1.54) is 12.7 Å². The maximum atomic E-state index is 11.2. The highest BCUT2D eigenvalue weighted by molar-refractivity contribution is 7.94. The van der Waals surface area contributed by atoms with Gasteiger partial charge in [-0.3, -0.25) is 0 Å². The van der Waals surface area contributed by atoms with Crippen molar-refractivity contribution in [1.82, 2.24) is 0 Å². The normalized spacial score (nSPS) is 35.9. The van der Waals surface area contributed by atoms with E-state index >= 15 is 0 Å². The molecular weight excluding hydrogens is 160 g/mol. The summed E-state index contributed by atoms with van der Waals surface area (Å²) in [6, 6.07) is 0. The number of hydrogen-bond acceptors (Lipinski definition) is 2. The predicted molar refractivity (Wildman–Crippen MR) is 43.8 cm³/mol. The molecular formula is C8H12O2S. The Labute approximate surface area is 67.2 Å². The first-order valence-corrected chi connectivity index (χ1v) is 5.88. The zero-order valence-corrected chi connectivity index (χ0v) is 7.39. The molecule has 0 saturated heterocycles. The lowest BCUT2D eigenvalue weighted by Crippen LogP contribution is -2.08. The van der Waals surface area contributed by atoms with Gasteiger partial charge in [0.25, 0.3) is 0 Å². The van der Waals surface area contributed by atoms with Gasteiger partial charge in [0.2, 0.25) is 0 Å². The summed E-state index contributed by atoms with van der Waals surface area (Å²) in [5.74, 6) is 0.944. The second kappa shape index (κ2) is 2.09. The molecule has 0 aromatic rings. The van der Waals surface area contributed by atoms with Crippen molar-refractivity contribution in [3.8, 4) is 0 Å². The first-order chi connectivity index (χ1) is 5.07. The number of fused-ring (bicyclic) bond motifs is 2. The Morgan fingerprint density at radius 1 is 1.45 bits per heavy atom. The molecule has 0 aromatic carbocycles. The average Bonchev–Trinajstić information content (AvgIpc) is 2.42. The third-order valence-corrected chi connectivity index (χ3v) is 4.03. The van der Waals surface area contributed by atoms with Crippen LogP contribution >= 0.6 is 0 Å². The molecule has 0 heterocycles. The van der Waals surface area contributed by atoms with Crippen molar-refractivity contribution in [3.05, 3.63) is 11.0 Å². The van der Waals surface area contributed by atoms with Crippen LogP contribution in [0.25, 0.3) is 0 Å². The van der Waals surface area contributed by atoms with Gasteiger partial charge in [-0.2, -0.15) is 0 Å². The standard InChI is InChI=1S/C8H12O2S/c1-11(9,10)8-5-6-2-3-7(8)4-6/h5-7H,2-4H2,1H3/t6-,7+/m1/s1. The van der Waals surface area contributed by atoms with E-state index in [1.807, 2.05) is 6.08 Å². The van der Waals surface area contributed by atoms with E-state index in [0.29, 0.717) is 16.7 Å². The Kier molecular flexibility index (Phi) is 1.40. The minimum atomic E-state index is -2.87. The van der Waals surface area contributed by atoms with Crippen molar-refractivity contribution in [2.45, 2.75) is 19.3 Å². The van der Waals surface area contributed by atoms with Gasteiger partial charge in [-0.1, -0.05) is 6.08 Å². The molecule has 2 aliphatic carbocycles. The Balaban J connectivity index is 2.38. The molecule has 0 aromatic heterocycles. The van der Waals surface area contributed by atoms with E-state index < -0.39 is 9.84 Å². The molecule has 62 valence electrons. The molecule has 0 amide bonds. The summed E-state index contributed by atoms with van der Waals surface area (Å²) in [5, 5.41) is 0. The summed E-state index contributed by atoms with van der Waals surface area (Å²) in [6.45, 7) is 0. The number of hydrogen-bond donors (Lipinski definition) is 0. The van der Waals surface area contributed by atoms with E-state index in [9.17, 15) is 8.42 Å². The predicted octanol–water partition coefficient (Wildman–Crippen LogP) is 1.34. The Hall–Kier alpha value is -0.310. The number of allylic oxidation sites excluding steroid dienone is 2. The van der Waals surface area contributed by atoms with E-state index in [0.717, 1.165) is 12.8 Å². The number of sulfone groups is 1. The topological polar surface area (TPSA) is 34.1 Å². The van der Waals surface area contributed by atoms with Crippen molar-refractivity contribution in [3.63, 3.8) is 0 Å². The van der Waals surface area contributed by atoms with Crippen LogP contribution in [0.15, 0.2) is 11.0 Å². The molecule has 2 aliphatic rings. The third-order valence-electron chi connectivity index (χ3n) is 2.70. The van der Waals surface area contributed by atoms with Gasteiger partial charge in [-0.15, -0.1) is 0 Å². The molecule has 0 N–H and O–H groups in total. The second-order valence-electron chi connectivity index (χ2n) is 3.61. The van der Waals surface area contributed by atoms with Crippen molar-refractivity contribution < 1.29 is 8.42 Å². The van der Waals surface area contributed by atoms with Crippen LogP contribution in [0.3, 0.4) is 0 Å². The molecule has 0 aliphatic heterocycles. The van der Waals surface area contributed by atoms with E-state index in [4.69, 9.17) is 0 Å². The van der Waals surface area contributed by atoms with E-state index in [2.05, 4.69) is 0 Å². The van der Waals surface area contributed by atoms with Gasteiger partial charge >= 0.3 is 0 Å². The van der Waals surface area contributed by atoms with E-state index in [1.54, 1.807) is 0 Å². The minimum absolute atomic E-state index is 0.370. The summed E-state index contributed by atoms with van der Waals surface area (Å²) in [7, 11) is -2.87. The first kappa shape index (κ1) is 7.35. The molecule has 11 heavy (non-hydrogen) atoms. The average molecular weight is 172 g/mol. The quantitative estimate of drug-likeness (QED) is 0.598. The van der Waals surface area contributed by atoms with Gasteiger partial charge in [0.05, 0.1) is 0 Å². The minimum Gasteiger partial charge on any atom is -0.224 e. The van der Waals surface area contributed by atoms with Gasteiger partial charge in [0, 0.05) is 11.2 Å².